The number of aromatic amines is 1. The molecule has 0 bridgehead atoms. The van der Waals surface area contributed by atoms with Crippen molar-refractivity contribution in [3.8, 4) is 0 Å². The van der Waals surface area contributed by atoms with Crippen LogP contribution in [0.1, 0.15) is 43.4 Å². The van der Waals surface area contributed by atoms with Gasteiger partial charge in [0, 0.05) is 30.8 Å². The lowest BCUT2D eigenvalue weighted by Crippen LogP contribution is -2.35. The van der Waals surface area contributed by atoms with Gasteiger partial charge in [-0.05, 0) is 19.8 Å². The van der Waals surface area contributed by atoms with Gasteiger partial charge in [-0.2, -0.15) is 5.10 Å². The van der Waals surface area contributed by atoms with Crippen molar-refractivity contribution in [2.75, 3.05) is 6.54 Å². The van der Waals surface area contributed by atoms with Crippen LogP contribution in [0, 0.1) is 6.92 Å². The van der Waals surface area contributed by atoms with Crippen LogP contribution in [0.15, 0.2) is 6.20 Å². The van der Waals surface area contributed by atoms with Crippen LogP contribution in [-0.4, -0.2) is 33.8 Å². The van der Waals surface area contributed by atoms with Crippen LogP contribution in [-0.2, 0) is 11.3 Å². The Bertz CT molecular complexity index is 431. The molecule has 20 heavy (non-hydrogen) atoms. The van der Waals surface area contributed by atoms with Crippen molar-refractivity contribution >= 4 is 12.0 Å². The van der Waals surface area contributed by atoms with Gasteiger partial charge in [0.25, 0.3) is 0 Å². The minimum absolute atomic E-state index is 0.198. The Morgan fingerprint density at radius 1 is 1.25 bits per heavy atom. The van der Waals surface area contributed by atoms with E-state index in [0.717, 1.165) is 30.5 Å². The zero-order valence-electron chi connectivity index (χ0n) is 11.7. The molecule has 4 N–H and O–H groups in total. The number of carbonyl (C=O) groups excluding carboxylic acids is 1. The van der Waals surface area contributed by atoms with Gasteiger partial charge in [0.1, 0.15) is 0 Å². The zero-order chi connectivity index (χ0) is 14.8. The van der Waals surface area contributed by atoms with Crippen molar-refractivity contribution in [3.63, 3.8) is 0 Å². The molecule has 7 heteroatoms. The van der Waals surface area contributed by atoms with E-state index in [1.165, 1.54) is 0 Å². The molecule has 0 spiro atoms. The number of unbranched alkanes of at least 4 members (excludes halogenated alkanes) is 3. The summed E-state index contributed by atoms with van der Waals surface area (Å²) in [7, 11) is 0. The quantitative estimate of drug-likeness (QED) is 0.515. The van der Waals surface area contributed by atoms with Crippen molar-refractivity contribution in [2.45, 2.75) is 45.6 Å². The number of carboxylic acid groups (broad SMARTS) is 1. The first-order chi connectivity index (χ1) is 9.59. The molecule has 1 heterocycles. The fourth-order valence-electron chi connectivity index (χ4n) is 1.75. The normalized spacial score (nSPS) is 10.2. The van der Waals surface area contributed by atoms with Crippen LogP contribution in [0.3, 0.4) is 0 Å². The van der Waals surface area contributed by atoms with Crippen LogP contribution in [0.5, 0.6) is 0 Å². The maximum atomic E-state index is 11.5. The Labute approximate surface area is 118 Å². The number of hydrogen-bond donors (Lipinski definition) is 4. The number of nitrogens with one attached hydrogen (secondary N) is 3. The molecule has 0 aromatic carbocycles. The summed E-state index contributed by atoms with van der Waals surface area (Å²) in [6.45, 7) is 2.95. The molecule has 0 saturated carbocycles. The zero-order valence-corrected chi connectivity index (χ0v) is 11.7. The summed E-state index contributed by atoms with van der Waals surface area (Å²) in [6, 6.07) is -0.198. The van der Waals surface area contributed by atoms with E-state index in [-0.39, 0.29) is 12.5 Å². The van der Waals surface area contributed by atoms with E-state index in [0.29, 0.717) is 19.5 Å². The number of aromatic nitrogens is 2. The molecule has 0 aliphatic carbocycles. The van der Waals surface area contributed by atoms with Crippen molar-refractivity contribution in [1.29, 1.82) is 0 Å². The molecule has 112 valence electrons. The minimum atomic E-state index is -0.753. The number of aliphatic carboxylic acids is 1. The fourth-order valence-corrected chi connectivity index (χ4v) is 1.75. The maximum absolute atomic E-state index is 11.5. The molecule has 7 nitrogen and oxygen atoms in total. The largest absolute Gasteiger partial charge is 0.481 e. The van der Waals surface area contributed by atoms with Crippen molar-refractivity contribution in [1.82, 2.24) is 20.8 Å². The van der Waals surface area contributed by atoms with Gasteiger partial charge >= 0.3 is 12.0 Å². The molecule has 2 amide bonds. The lowest BCUT2D eigenvalue weighted by molar-refractivity contribution is -0.137. The number of carboxylic acids is 1. The average Bonchev–Trinajstić information content (AvgIpc) is 2.80. The van der Waals surface area contributed by atoms with Crippen LogP contribution in [0.25, 0.3) is 0 Å². The van der Waals surface area contributed by atoms with Crippen molar-refractivity contribution < 1.29 is 14.7 Å². The summed E-state index contributed by atoms with van der Waals surface area (Å²) in [5, 5.41) is 20.7. The Balaban J connectivity index is 1.98. The van der Waals surface area contributed by atoms with Gasteiger partial charge in [0.2, 0.25) is 0 Å². The summed E-state index contributed by atoms with van der Waals surface area (Å²) in [4.78, 5) is 21.8. The Kier molecular flexibility index (Phi) is 7.16. The molecule has 0 aliphatic rings. The molecule has 0 radical (unpaired) electrons. The van der Waals surface area contributed by atoms with E-state index in [4.69, 9.17) is 5.11 Å². The van der Waals surface area contributed by atoms with Gasteiger partial charge in [0.15, 0.2) is 0 Å². The van der Waals surface area contributed by atoms with Gasteiger partial charge in [-0.1, -0.05) is 12.8 Å². The van der Waals surface area contributed by atoms with Gasteiger partial charge in [-0.3, -0.25) is 9.89 Å². The molecule has 1 rings (SSSR count). The predicted octanol–water partition coefficient (Wildman–Crippen LogP) is 1.55. The molecule has 1 aromatic rings. The molecule has 0 unspecified atom stereocenters. The summed E-state index contributed by atoms with van der Waals surface area (Å²) in [5.41, 5.74) is 1.91. The van der Waals surface area contributed by atoms with E-state index in [1.807, 2.05) is 6.92 Å². The highest BCUT2D eigenvalue weighted by Crippen LogP contribution is 2.02. The van der Waals surface area contributed by atoms with Gasteiger partial charge < -0.3 is 15.7 Å². The number of amides is 2. The number of H-pyrrole nitrogens is 1. The molecular formula is C13H22N4O3. The maximum Gasteiger partial charge on any atom is 0.315 e. The highest BCUT2D eigenvalue weighted by Gasteiger charge is 2.03. The number of hydrogen-bond acceptors (Lipinski definition) is 3. The number of rotatable bonds is 9. The van der Waals surface area contributed by atoms with E-state index in [9.17, 15) is 9.59 Å². The molecule has 0 fully saturated rings. The van der Waals surface area contributed by atoms with Gasteiger partial charge in [-0.15, -0.1) is 0 Å². The third kappa shape index (κ3) is 6.77. The number of carbonyl (C=O) groups is 2. The molecular weight excluding hydrogens is 260 g/mol. The van der Waals surface area contributed by atoms with Crippen LogP contribution in [0.2, 0.25) is 0 Å². The van der Waals surface area contributed by atoms with E-state index in [2.05, 4.69) is 20.8 Å². The highest BCUT2D eigenvalue weighted by atomic mass is 16.4. The van der Waals surface area contributed by atoms with Gasteiger partial charge in [-0.25, -0.2) is 4.79 Å². The first-order valence-electron chi connectivity index (χ1n) is 6.82. The first kappa shape index (κ1) is 16.0. The van der Waals surface area contributed by atoms with Crippen molar-refractivity contribution in [2.24, 2.45) is 0 Å². The third-order valence-corrected chi connectivity index (χ3v) is 2.98. The van der Waals surface area contributed by atoms with E-state index < -0.39 is 5.97 Å². The SMILES string of the molecule is Cc1[nH]ncc1CNC(=O)NCCCCCCC(=O)O. The van der Waals surface area contributed by atoms with E-state index in [1.54, 1.807) is 6.20 Å². The van der Waals surface area contributed by atoms with Gasteiger partial charge in [0.05, 0.1) is 6.20 Å². The van der Waals surface area contributed by atoms with Crippen LogP contribution >= 0.6 is 0 Å². The summed E-state index contributed by atoms with van der Waals surface area (Å²) >= 11 is 0. The van der Waals surface area contributed by atoms with Crippen LogP contribution < -0.4 is 10.6 Å². The Morgan fingerprint density at radius 3 is 2.65 bits per heavy atom. The molecule has 0 atom stereocenters. The first-order valence-corrected chi connectivity index (χ1v) is 6.82. The minimum Gasteiger partial charge on any atom is -0.481 e. The van der Waals surface area contributed by atoms with Crippen molar-refractivity contribution in [3.05, 3.63) is 17.5 Å². The second kappa shape index (κ2) is 8.95. The standard InChI is InChI=1S/C13H22N4O3/c1-10-11(9-16-17-10)8-15-13(20)14-7-5-3-2-4-6-12(18)19/h9H,2-8H2,1H3,(H,16,17)(H,18,19)(H2,14,15,20). The lowest BCUT2D eigenvalue weighted by Gasteiger charge is -2.07. The predicted molar refractivity (Wildman–Crippen MR) is 74.3 cm³/mol. The fraction of sp³-hybridized carbons (Fsp3) is 0.615. The molecule has 0 saturated heterocycles. The topological polar surface area (TPSA) is 107 Å². The lowest BCUT2D eigenvalue weighted by atomic mass is 10.1. The summed E-state index contributed by atoms with van der Waals surface area (Å²) in [5.74, 6) is -0.753. The second-order valence-electron chi connectivity index (χ2n) is 4.69. The smallest absolute Gasteiger partial charge is 0.315 e. The van der Waals surface area contributed by atoms with E-state index >= 15 is 0 Å². The average molecular weight is 282 g/mol. The third-order valence-electron chi connectivity index (χ3n) is 2.98. The number of nitrogens with zero attached hydrogens (tertiary/aromatic N) is 1. The summed E-state index contributed by atoms with van der Waals surface area (Å²) in [6.07, 6.45) is 5.27. The summed E-state index contributed by atoms with van der Waals surface area (Å²) < 4.78 is 0. The number of urea groups is 1. The Morgan fingerprint density at radius 2 is 2.00 bits per heavy atom. The second-order valence-corrected chi connectivity index (χ2v) is 4.69. The molecule has 1 aromatic heterocycles. The number of aryl methyl sites for hydroxylation is 1. The highest BCUT2D eigenvalue weighted by molar-refractivity contribution is 5.73. The molecule has 0 aliphatic heterocycles. The monoisotopic (exact) mass is 282 g/mol. The Hall–Kier alpha value is -2.05. The van der Waals surface area contributed by atoms with Crippen LogP contribution in [0.4, 0.5) is 4.79 Å².